The van der Waals surface area contributed by atoms with Crippen molar-refractivity contribution in [2.24, 2.45) is 5.41 Å². The lowest BCUT2D eigenvalue weighted by molar-refractivity contribution is -0.127. The summed E-state index contributed by atoms with van der Waals surface area (Å²) in [5.41, 5.74) is -0.242. The highest BCUT2D eigenvalue weighted by Crippen LogP contribution is 2.14. The minimum atomic E-state index is -0.242. The molecule has 0 saturated carbocycles. The highest BCUT2D eigenvalue weighted by atomic mass is 16.1. The molecule has 1 saturated heterocycles. The van der Waals surface area contributed by atoms with Crippen LogP contribution < -0.4 is 16.0 Å². The van der Waals surface area contributed by atoms with Gasteiger partial charge >= 0.3 is 0 Å². The molecule has 0 bridgehead atoms. The molecule has 5 nitrogen and oxygen atoms in total. The zero-order chi connectivity index (χ0) is 14.1. The molecule has 0 radical (unpaired) electrons. The van der Waals surface area contributed by atoms with Crippen LogP contribution in [0.4, 0.5) is 0 Å². The Labute approximate surface area is 117 Å². The fraction of sp³-hybridized carbons (Fsp3) is 0.929. The van der Waals surface area contributed by atoms with Gasteiger partial charge in [-0.05, 0) is 0 Å². The molecule has 1 rings (SSSR count). The molecule has 0 atom stereocenters. The molecule has 19 heavy (non-hydrogen) atoms. The van der Waals surface area contributed by atoms with E-state index in [1.807, 2.05) is 20.8 Å². The van der Waals surface area contributed by atoms with E-state index in [9.17, 15) is 4.79 Å². The maximum atomic E-state index is 12.1. The van der Waals surface area contributed by atoms with Gasteiger partial charge in [0.25, 0.3) is 0 Å². The van der Waals surface area contributed by atoms with Gasteiger partial charge in [-0.2, -0.15) is 0 Å². The van der Waals surface area contributed by atoms with E-state index < -0.39 is 0 Å². The lowest BCUT2D eigenvalue weighted by atomic mass is 9.90. The molecule has 112 valence electrons. The third-order valence-electron chi connectivity index (χ3n) is 3.37. The summed E-state index contributed by atoms with van der Waals surface area (Å²) in [6.07, 6.45) is 0. The number of hydrogen-bond donors (Lipinski definition) is 3. The molecule has 0 aromatic carbocycles. The summed E-state index contributed by atoms with van der Waals surface area (Å²) in [6.45, 7) is 14.3. The molecule has 0 aliphatic carbocycles. The van der Waals surface area contributed by atoms with Gasteiger partial charge in [0, 0.05) is 57.8 Å². The average Bonchev–Trinajstić information content (AvgIpc) is 2.31. The fourth-order valence-electron chi connectivity index (χ4n) is 1.91. The molecule has 0 unspecified atom stereocenters. The molecule has 0 amide bonds. The maximum Gasteiger partial charge on any atom is 0.152 e. The number of hydrogen-bond acceptors (Lipinski definition) is 5. The van der Waals surface area contributed by atoms with E-state index in [0.29, 0.717) is 12.3 Å². The van der Waals surface area contributed by atoms with Crippen molar-refractivity contribution < 1.29 is 4.79 Å². The van der Waals surface area contributed by atoms with E-state index in [0.717, 1.165) is 52.4 Å². The third-order valence-corrected chi connectivity index (χ3v) is 3.37. The maximum absolute atomic E-state index is 12.1. The molecular weight excluding hydrogens is 240 g/mol. The van der Waals surface area contributed by atoms with Crippen molar-refractivity contribution >= 4 is 5.78 Å². The molecule has 1 aliphatic rings. The minimum absolute atomic E-state index is 0.242. The number of rotatable bonds is 2. The Balaban J connectivity index is 2.40. The standard InChI is InChI=1S/C14H30N4O/c1-14(2,3)13(19)12-18-10-8-16-6-4-15-5-7-17-9-11-18/h15-17H,4-12H2,1-3H3. The molecule has 0 aromatic heterocycles. The van der Waals surface area contributed by atoms with Gasteiger partial charge in [0.2, 0.25) is 0 Å². The van der Waals surface area contributed by atoms with Gasteiger partial charge in [-0.25, -0.2) is 0 Å². The molecule has 0 aromatic rings. The first-order valence-electron chi connectivity index (χ1n) is 7.38. The number of ketones is 1. The molecule has 3 N–H and O–H groups in total. The van der Waals surface area contributed by atoms with Gasteiger partial charge in [0.05, 0.1) is 6.54 Å². The van der Waals surface area contributed by atoms with E-state index in [1.165, 1.54) is 0 Å². The minimum Gasteiger partial charge on any atom is -0.314 e. The van der Waals surface area contributed by atoms with Crippen molar-refractivity contribution in [2.75, 3.05) is 58.9 Å². The van der Waals surface area contributed by atoms with Crippen LogP contribution in [0.2, 0.25) is 0 Å². The van der Waals surface area contributed by atoms with E-state index in [2.05, 4.69) is 20.9 Å². The van der Waals surface area contributed by atoms with Crippen LogP contribution in [-0.2, 0) is 4.79 Å². The Morgan fingerprint density at radius 2 is 1.32 bits per heavy atom. The van der Waals surface area contributed by atoms with Crippen molar-refractivity contribution in [1.29, 1.82) is 0 Å². The predicted molar refractivity (Wildman–Crippen MR) is 79.5 cm³/mol. The fourth-order valence-corrected chi connectivity index (χ4v) is 1.91. The Bertz CT molecular complexity index is 251. The number of nitrogens with zero attached hydrogens (tertiary/aromatic N) is 1. The van der Waals surface area contributed by atoms with Gasteiger partial charge in [0.15, 0.2) is 5.78 Å². The summed E-state index contributed by atoms with van der Waals surface area (Å²) in [4.78, 5) is 14.4. The lowest BCUT2D eigenvalue weighted by Crippen LogP contribution is -2.44. The topological polar surface area (TPSA) is 56.4 Å². The zero-order valence-corrected chi connectivity index (χ0v) is 12.7. The van der Waals surface area contributed by atoms with Crippen molar-refractivity contribution in [3.05, 3.63) is 0 Å². The Morgan fingerprint density at radius 3 is 1.74 bits per heavy atom. The smallest absolute Gasteiger partial charge is 0.152 e. The van der Waals surface area contributed by atoms with E-state index in [-0.39, 0.29) is 5.41 Å². The van der Waals surface area contributed by atoms with Gasteiger partial charge in [0.1, 0.15) is 0 Å². The molecule has 0 spiro atoms. The zero-order valence-electron chi connectivity index (χ0n) is 12.7. The van der Waals surface area contributed by atoms with E-state index in [4.69, 9.17) is 0 Å². The Morgan fingerprint density at radius 1 is 0.895 bits per heavy atom. The number of Topliss-reactive ketones (excluding diaryl/α,β-unsaturated/α-hetero) is 1. The van der Waals surface area contributed by atoms with Gasteiger partial charge in [-0.15, -0.1) is 0 Å². The molecule has 1 heterocycles. The Hall–Kier alpha value is -0.490. The average molecular weight is 270 g/mol. The van der Waals surface area contributed by atoms with Crippen molar-refractivity contribution in [3.63, 3.8) is 0 Å². The SMILES string of the molecule is CC(C)(C)C(=O)CN1CCNCCNCCNCC1. The van der Waals surface area contributed by atoms with Crippen LogP contribution >= 0.6 is 0 Å². The van der Waals surface area contributed by atoms with Crippen molar-refractivity contribution in [2.45, 2.75) is 20.8 Å². The predicted octanol–water partition coefficient (Wildman–Crippen LogP) is -0.314. The number of nitrogens with one attached hydrogen (secondary N) is 3. The summed E-state index contributed by atoms with van der Waals surface area (Å²) in [5, 5.41) is 10.2. The second-order valence-electron chi connectivity index (χ2n) is 6.20. The van der Waals surface area contributed by atoms with Gasteiger partial charge < -0.3 is 16.0 Å². The summed E-state index contributed by atoms with van der Waals surface area (Å²) in [6, 6.07) is 0. The van der Waals surface area contributed by atoms with Crippen LogP contribution in [0.15, 0.2) is 0 Å². The second-order valence-corrected chi connectivity index (χ2v) is 6.20. The van der Waals surface area contributed by atoms with Crippen LogP contribution in [0.25, 0.3) is 0 Å². The van der Waals surface area contributed by atoms with Crippen LogP contribution in [0, 0.1) is 5.41 Å². The summed E-state index contributed by atoms with van der Waals surface area (Å²) in [5.74, 6) is 0.321. The van der Waals surface area contributed by atoms with E-state index >= 15 is 0 Å². The first-order chi connectivity index (χ1) is 9.00. The first kappa shape index (κ1) is 16.6. The lowest BCUT2D eigenvalue weighted by Gasteiger charge is -2.26. The first-order valence-corrected chi connectivity index (χ1v) is 7.38. The molecule has 5 heteroatoms. The van der Waals surface area contributed by atoms with Crippen LogP contribution in [0.3, 0.4) is 0 Å². The Kier molecular flexibility index (Phi) is 7.53. The molecule has 1 fully saturated rings. The van der Waals surface area contributed by atoms with Crippen molar-refractivity contribution in [3.8, 4) is 0 Å². The largest absolute Gasteiger partial charge is 0.314 e. The van der Waals surface area contributed by atoms with Crippen LogP contribution in [0.5, 0.6) is 0 Å². The quantitative estimate of drug-likeness (QED) is 0.642. The third kappa shape index (κ3) is 7.62. The normalized spacial score (nSPS) is 21.4. The number of carbonyl (C=O) groups is 1. The summed E-state index contributed by atoms with van der Waals surface area (Å²) >= 11 is 0. The highest BCUT2D eigenvalue weighted by molar-refractivity contribution is 5.85. The van der Waals surface area contributed by atoms with Gasteiger partial charge in [-0.1, -0.05) is 20.8 Å². The second kappa shape index (κ2) is 8.64. The summed E-state index contributed by atoms with van der Waals surface area (Å²) in [7, 11) is 0. The van der Waals surface area contributed by atoms with Crippen LogP contribution in [0.1, 0.15) is 20.8 Å². The van der Waals surface area contributed by atoms with Gasteiger partial charge in [-0.3, -0.25) is 9.69 Å². The highest BCUT2D eigenvalue weighted by Gasteiger charge is 2.23. The van der Waals surface area contributed by atoms with Crippen molar-refractivity contribution in [1.82, 2.24) is 20.9 Å². The molecule has 1 aliphatic heterocycles. The molecular formula is C14H30N4O. The number of carbonyl (C=O) groups excluding carboxylic acids is 1. The van der Waals surface area contributed by atoms with Crippen LogP contribution in [-0.4, -0.2) is 69.6 Å². The summed E-state index contributed by atoms with van der Waals surface area (Å²) < 4.78 is 0. The monoisotopic (exact) mass is 270 g/mol. The van der Waals surface area contributed by atoms with E-state index in [1.54, 1.807) is 0 Å².